The van der Waals surface area contributed by atoms with E-state index in [0.29, 0.717) is 0 Å². The van der Waals surface area contributed by atoms with Gasteiger partial charge in [-0.3, -0.25) is 9.18 Å². The zero-order valence-electron chi connectivity index (χ0n) is 11.4. The van der Waals surface area contributed by atoms with Gasteiger partial charge in [0, 0.05) is 12.5 Å². The van der Waals surface area contributed by atoms with Gasteiger partial charge in [0.05, 0.1) is 16.7 Å². The lowest BCUT2D eigenvalue weighted by Crippen LogP contribution is -2.28. The molecule has 0 fully saturated rings. The molecule has 0 aliphatic heterocycles. The maximum Gasteiger partial charge on any atom is 0.344 e. The number of ketones is 1. The molecule has 0 aliphatic rings. The third-order valence-electron chi connectivity index (χ3n) is 2.79. The van der Waals surface area contributed by atoms with Gasteiger partial charge in [0.2, 0.25) is 0 Å². The first-order chi connectivity index (χ1) is 9.90. The fourth-order valence-corrected chi connectivity index (χ4v) is 2.03. The van der Waals surface area contributed by atoms with Crippen molar-refractivity contribution in [3.63, 3.8) is 0 Å². The first kappa shape index (κ1) is 17.6. The molecule has 1 unspecified atom stereocenters. The fourth-order valence-electron chi connectivity index (χ4n) is 1.68. The van der Waals surface area contributed by atoms with Crippen molar-refractivity contribution in [2.24, 2.45) is 0 Å². The van der Waals surface area contributed by atoms with Crippen molar-refractivity contribution in [1.82, 2.24) is 0 Å². The molecular weight excluding hydrogens is 350 g/mol. The molecular formula is C14H15BrF2O4. The predicted molar refractivity (Wildman–Crippen MR) is 76.0 cm³/mol. The number of carboxylic acid groups (broad SMARTS) is 1. The molecule has 1 atom stereocenters. The normalized spacial score (nSPS) is 12.0. The summed E-state index contributed by atoms with van der Waals surface area (Å²) < 4.78 is 31.1. The summed E-state index contributed by atoms with van der Waals surface area (Å²) in [6.07, 6.45) is -1.22. The van der Waals surface area contributed by atoms with Crippen molar-refractivity contribution in [2.75, 3.05) is 6.67 Å². The smallest absolute Gasteiger partial charge is 0.344 e. The highest BCUT2D eigenvalue weighted by molar-refractivity contribution is 9.10. The van der Waals surface area contributed by atoms with Gasteiger partial charge in [0.25, 0.3) is 0 Å². The Kier molecular flexibility index (Phi) is 6.74. The number of halogens is 3. The SMILES string of the molecule is CCC(=O)c1cc(Br)c(F)cc1OC(CCCF)C(=O)O. The van der Waals surface area contributed by atoms with Crippen molar-refractivity contribution in [1.29, 1.82) is 0 Å². The van der Waals surface area contributed by atoms with Gasteiger partial charge in [-0.15, -0.1) is 0 Å². The van der Waals surface area contributed by atoms with Crippen LogP contribution in [0.2, 0.25) is 0 Å². The van der Waals surface area contributed by atoms with Gasteiger partial charge in [0.1, 0.15) is 11.6 Å². The summed E-state index contributed by atoms with van der Waals surface area (Å²) >= 11 is 2.97. The average molecular weight is 365 g/mol. The van der Waals surface area contributed by atoms with E-state index in [2.05, 4.69) is 15.9 Å². The molecule has 1 N–H and O–H groups in total. The Morgan fingerprint density at radius 2 is 2.10 bits per heavy atom. The van der Waals surface area contributed by atoms with Crippen molar-refractivity contribution in [3.05, 3.63) is 28.0 Å². The van der Waals surface area contributed by atoms with Crippen LogP contribution in [0, 0.1) is 5.82 Å². The van der Waals surface area contributed by atoms with E-state index >= 15 is 0 Å². The Labute approximate surface area is 129 Å². The molecule has 0 spiro atoms. The van der Waals surface area contributed by atoms with Crippen molar-refractivity contribution in [2.45, 2.75) is 32.3 Å². The van der Waals surface area contributed by atoms with Gasteiger partial charge < -0.3 is 9.84 Å². The lowest BCUT2D eigenvalue weighted by molar-refractivity contribution is -0.145. The lowest BCUT2D eigenvalue weighted by atomic mass is 10.1. The standard InChI is InChI=1S/C14H15BrF2O4/c1-2-11(18)8-6-9(15)10(17)7-13(8)21-12(14(19)20)4-3-5-16/h6-7,12H,2-5H2,1H3,(H,19,20). The summed E-state index contributed by atoms with van der Waals surface area (Å²) in [6, 6.07) is 2.21. The second-order valence-corrected chi connectivity index (χ2v) is 5.17. The molecule has 21 heavy (non-hydrogen) atoms. The third-order valence-corrected chi connectivity index (χ3v) is 3.40. The Bertz CT molecular complexity index is 534. The van der Waals surface area contributed by atoms with Crippen LogP contribution < -0.4 is 4.74 Å². The Morgan fingerprint density at radius 3 is 2.62 bits per heavy atom. The fraction of sp³-hybridized carbons (Fsp3) is 0.429. The predicted octanol–water partition coefficient (Wildman–Crippen LogP) is 3.76. The molecule has 0 amide bonds. The summed E-state index contributed by atoms with van der Waals surface area (Å²) in [5.41, 5.74) is 0.0947. The highest BCUT2D eigenvalue weighted by Gasteiger charge is 2.23. The van der Waals surface area contributed by atoms with E-state index in [0.717, 1.165) is 6.07 Å². The summed E-state index contributed by atoms with van der Waals surface area (Å²) in [4.78, 5) is 22.9. The first-order valence-corrected chi connectivity index (χ1v) is 7.17. The number of carboxylic acids is 1. The number of benzene rings is 1. The van der Waals surface area contributed by atoms with Gasteiger partial charge in [-0.2, -0.15) is 0 Å². The quantitative estimate of drug-likeness (QED) is 0.713. The van der Waals surface area contributed by atoms with Crippen LogP contribution in [0.25, 0.3) is 0 Å². The van der Waals surface area contributed by atoms with E-state index in [1.807, 2.05) is 0 Å². The maximum atomic E-state index is 13.6. The zero-order chi connectivity index (χ0) is 16.0. The number of aliphatic carboxylic acids is 1. The number of hydrogen-bond donors (Lipinski definition) is 1. The first-order valence-electron chi connectivity index (χ1n) is 6.38. The lowest BCUT2D eigenvalue weighted by Gasteiger charge is -2.17. The van der Waals surface area contributed by atoms with E-state index in [1.54, 1.807) is 6.92 Å². The van der Waals surface area contributed by atoms with E-state index in [-0.39, 0.29) is 40.8 Å². The number of rotatable bonds is 8. The summed E-state index contributed by atoms with van der Waals surface area (Å²) in [7, 11) is 0. The van der Waals surface area contributed by atoms with Crippen LogP contribution >= 0.6 is 15.9 Å². The van der Waals surface area contributed by atoms with Crippen LogP contribution in [0.4, 0.5) is 8.78 Å². The number of ether oxygens (including phenoxy) is 1. The molecule has 0 radical (unpaired) electrons. The summed E-state index contributed by atoms with van der Waals surface area (Å²) in [5, 5.41) is 9.04. The number of Topliss-reactive ketones (excluding diaryl/α,β-unsaturated/α-hetero) is 1. The van der Waals surface area contributed by atoms with Gasteiger partial charge in [0.15, 0.2) is 11.9 Å². The van der Waals surface area contributed by atoms with Gasteiger partial charge in [-0.1, -0.05) is 6.92 Å². The second-order valence-electron chi connectivity index (χ2n) is 4.32. The van der Waals surface area contributed by atoms with E-state index in [9.17, 15) is 18.4 Å². The van der Waals surface area contributed by atoms with Gasteiger partial charge >= 0.3 is 5.97 Å². The molecule has 0 aliphatic carbocycles. The molecule has 4 nitrogen and oxygen atoms in total. The summed E-state index contributed by atoms with van der Waals surface area (Å²) in [6.45, 7) is 0.948. The molecule has 0 saturated carbocycles. The largest absolute Gasteiger partial charge is 0.479 e. The molecule has 0 saturated heterocycles. The van der Waals surface area contributed by atoms with Crippen LogP contribution in [0.5, 0.6) is 5.75 Å². The van der Waals surface area contributed by atoms with Crippen LogP contribution in [-0.2, 0) is 4.79 Å². The Hall–Kier alpha value is -1.50. The molecule has 1 rings (SSSR count). The van der Waals surface area contributed by atoms with Crippen molar-refractivity contribution < 1.29 is 28.2 Å². The zero-order valence-corrected chi connectivity index (χ0v) is 13.0. The molecule has 1 aromatic carbocycles. The molecule has 116 valence electrons. The molecule has 0 aromatic heterocycles. The number of carbonyl (C=O) groups excluding carboxylic acids is 1. The molecule has 7 heteroatoms. The molecule has 0 heterocycles. The van der Waals surface area contributed by atoms with Gasteiger partial charge in [-0.25, -0.2) is 9.18 Å². The van der Waals surface area contributed by atoms with E-state index in [4.69, 9.17) is 9.84 Å². The van der Waals surface area contributed by atoms with Crippen LogP contribution in [0.3, 0.4) is 0 Å². The molecule has 1 aromatic rings. The third kappa shape index (κ3) is 4.77. The van der Waals surface area contributed by atoms with Crippen molar-refractivity contribution >= 4 is 27.7 Å². The van der Waals surface area contributed by atoms with Crippen molar-refractivity contribution in [3.8, 4) is 5.75 Å². The highest BCUT2D eigenvalue weighted by Crippen LogP contribution is 2.29. The average Bonchev–Trinajstić information content (AvgIpc) is 2.45. The molecule has 0 bridgehead atoms. The minimum absolute atomic E-state index is 0.00698. The highest BCUT2D eigenvalue weighted by atomic mass is 79.9. The minimum Gasteiger partial charge on any atom is -0.479 e. The second kappa shape index (κ2) is 8.07. The summed E-state index contributed by atoms with van der Waals surface area (Å²) in [5.74, 6) is -2.41. The van der Waals surface area contributed by atoms with Crippen LogP contribution in [0.1, 0.15) is 36.5 Å². The monoisotopic (exact) mass is 364 g/mol. The topological polar surface area (TPSA) is 63.6 Å². The van der Waals surface area contributed by atoms with E-state index in [1.165, 1.54) is 6.07 Å². The van der Waals surface area contributed by atoms with Crippen LogP contribution in [-0.4, -0.2) is 29.6 Å². The Balaban J connectivity index is 3.11. The maximum absolute atomic E-state index is 13.6. The number of carbonyl (C=O) groups is 2. The van der Waals surface area contributed by atoms with E-state index < -0.39 is 24.6 Å². The van der Waals surface area contributed by atoms with Gasteiger partial charge in [-0.05, 0) is 34.8 Å². The minimum atomic E-state index is -1.33. The number of hydrogen-bond acceptors (Lipinski definition) is 3. The van der Waals surface area contributed by atoms with Crippen LogP contribution in [0.15, 0.2) is 16.6 Å². The number of alkyl halides is 1. The Morgan fingerprint density at radius 1 is 1.43 bits per heavy atom.